The van der Waals surface area contributed by atoms with Gasteiger partial charge >= 0.3 is 0 Å². The van der Waals surface area contributed by atoms with Gasteiger partial charge in [-0.2, -0.15) is 0 Å². The smallest absolute Gasteiger partial charge is 0.0354 e. The zero-order valence-electron chi connectivity index (χ0n) is 5.96. The lowest BCUT2D eigenvalue weighted by molar-refractivity contribution is 0.515. The number of benzene rings is 1. The van der Waals surface area contributed by atoms with Crippen LogP contribution in [-0.4, -0.2) is 4.31 Å². The molecular formula is C8H8INS. The van der Waals surface area contributed by atoms with E-state index in [0.29, 0.717) is 0 Å². The minimum Gasteiger partial charge on any atom is -0.233 e. The summed E-state index contributed by atoms with van der Waals surface area (Å²) in [5.74, 6) is 0. The molecule has 0 bridgehead atoms. The number of rotatable bonds is 1. The van der Waals surface area contributed by atoms with E-state index in [0.717, 1.165) is 13.1 Å². The molecule has 0 atom stereocenters. The van der Waals surface area contributed by atoms with Crippen molar-refractivity contribution in [2.75, 3.05) is 0 Å². The van der Waals surface area contributed by atoms with Crippen molar-refractivity contribution in [2.45, 2.75) is 13.1 Å². The molecule has 0 radical (unpaired) electrons. The standard InChI is InChI=1S/C8H8INS/c9-11-10-5-7-3-1-2-4-8(7)6-10/h1-4H,5-6H2. The monoisotopic (exact) mass is 277 g/mol. The van der Waals surface area contributed by atoms with Crippen LogP contribution in [0.1, 0.15) is 11.1 Å². The van der Waals surface area contributed by atoms with E-state index in [1.165, 1.54) is 11.1 Å². The van der Waals surface area contributed by atoms with Crippen molar-refractivity contribution in [1.29, 1.82) is 0 Å². The van der Waals surface area contributed by atoms with E-state index in [4.69, 9.17) is 0 Å². The first-order valence-electron chi connectivity index (χ1n) is 3.50. The van der Waals surface area contributed by atoms with Gasteiger partial charge in [-0.3, -0.25) is 0 Å². The molecule has 3 heteroatoms. The number of fused-ring (bicyclic) bond motifs is 1. The third-order valence-corrected chi connectivity index (χ3v) is 4.03. The molecule has 2 rings (SSSR count). The molecule has 0 saturated carbocycles. The van der Waals surface area contributed by atoms with E-state index in [9.17, 15) is 0 Å². The second-order valence-electron chi connectivity index (χ2n) is 2.64. The molecule has 0 amide bonds. The van der Waals surface area contributed by atoms with E-state index < -0.39 is 0 Å². The molecule has 0 fully saturated rings. The zero-order valence-corrected chi connectivity index (χ0v) is 8.93. The van der Waals surface area contributed by atoms with Crippen LogP contribution in [0.4, 0.5) is 0 Å². The third-order valence-electron chi connectivity index (χ3n) is 1.91. The highest BCUT2D eigenvalue weighted by atomic mass is 127. The maximum atomic E-state index is 2.35. The first-order valence-corrected chi connectivity index (χ1v) is 6.82. The topological polar surface area (TPSA) is 3.24 Å². The summed E-state index contributed by atoms with van der Waals surface area (Å²) in [4.78, 5) is 0. The van der Waals surface area contributed by atoms with E-state index in [1.54, 1.807) is 9.12 Å². The van der Waals surface area contributed by atoms with Crippen LogP contribution in [0.25, 0.3) is 0 Å². The predicted octanol–water partition coefficient (Wildman–Crippen LogP) is 3.00. The summed E-state index contributed by atoms with van der Waals surface area (Å²) in [5, 5.41) is 0. The maximum absolute atomic E-state index is 2.35. The molecule has 1 heterocycles. The van der Waals surface area contributed by atoms with Crippen LogP contribution in [0, 0.1) is 0 Å². The summed E-state index contributed by atoms with van der Waals surface area (Å²) >= 11 is 2.33. The Hall–Kier alpha value is 0.260. The van der Waals surface area contributed by atoms with Crippen molar-refractivity contribution in [3.63, 3.8) is 0 Å². The Bertz CT molecular complexity index is 239. The van der Waals surface area contributed by atoms with Crippen LogP contribution >= 0.6 is 30.3 Å². The van der Waals surface area contributed by atoms with Gasteiger partial charge in [0.25, 0.3) is 0 Å². The number of hydrogen-bond acceptors (Lipinski definition) is 2. The highest BCUT2D eigenvalue weighted by Gasteiger charge is 2.16. The van der Waals surface area contributed by atoms with Crippen LogP contribution in [-0.2, 0) is 13.1 Å². The van der Waals surface area contributed by atoms with Gasteiger partial charge in [0.15, 0.2) is 0 Å². The Morgan fingerprint density at radius 1 is 1.18 bits per heavy atom. The van der Waals surface area contributed by atoms with Crippen LogP contribution < -0.4 is 0 Å². The van der Waals surface area contributed by atoms with Gasteiger partial charge in [-0.15, -0.1) is 0 Å². The minimum atomic E-state index is 1.10. The fourth-order valence-electron chi connectivity index (χ4n) is 1.35. The molecule has 1 aliphatic rings. The lowest BCUT2D eigenvalue weighted by Crippen LogP contribution is -2.01. The zero-order chi connectivity index (χ0) is 7.68. The minimum absolute atomic E-state index is 1.10. The molecule has 1 nitrogen and oxygen atoms in total. The number of nitrogens with zero attached hydrogens (tertiary/aromatic N) is 1. The molecule has 1 aromatic rings. The highest BCUT2D eigenvalue weighted by Crippen LogP contribution is 2.30. The van der Waals surface area contributed by atoms with Gasteiger partial charge in [-0.25, -0.2) is 4.31 Å². The third kappa shape index (κ3) is 1.55. The Balaban J connectivity index is 2.27. The van der Waals surface area contributed by atoms with Crippen molar-refractivity contribution in [1.82, 2.24) is 4.31 Å². The van der Waals surface area contributed by atoms with Gasteiger partial charge in [-0.1, -0.05) is 24.3 Å². The van der Waals surface area contributed by atoms with Crippen LogP contribution in [0.2, 0.25) is 0 Å². The van der Waals surface area contributed by atoms with E-state index in [1.807, 2.05) is 0 Å². The Morgan fingerprint density at radius 2 is 1.73 bits per heavy atom. The van der Waals surface area contributed by atoms with Crippen LogP contribution in [0.5, 0.6) is 0 Å². The normalized spacial score (nSPS) is 16.8. The summed E-state index contributed by atoms with van der Waals surface area (Å²) in [5.41, 5.74) is 2.97. The quantitative estimate of drug-likeness (QED) is 0.573. The van der Waals surface area contributed by atoms with Gasteiger partial charge in [0.05, 0.1) is 0 Å². The molecule has 58 valence electrons. The van der Waals surface area contributed by atoms with Gasteiger partial charge in [0, 0.05) is 34.3 Å². The fraction of sp³-hybridized carbons (Fsp3) is 0.250. The van der Waals surface area contributed by atoms with Crippen LogP contribution in [0.3, 0.4) is 0 Å². The molecule has 0 saturated heterocycles. The average molecular weight is 277 g/mol. The van der Waals surface area contributed by atoms with E-state index in [2.05, 4.69) is 49.8 Å². The maximum Gasteiger partial charge on any atom is 0.0354 e. The lowest BCUT2D eigenvalue weighted by atomic mass is 10.1. The van der Waals surface area contributed by atoms with Crippen molar-refractivity contribution in [3.05, 3.63) is 35.4 Å². The van der Waals surface area contributed by atoms with Crippen LogP contribution in [0.15, 0.2) is 24.3 Å². The fourth-order valence-corrected chi connectivity index (χ4v) is 2.56. The van der Waals surface area contributed by atoms with E-state index in [-0.39, 0.29) is 0 Å². The average Bonchev–Trinajstić information content (AvgIpc) is 2.46. The molecule has 0 unspecified atom stereocenters. The molecule has 0 spiro atoms. The molecule has 1 aromatic carbocycles. The molecule has 0 aromatic heterocycles. The Kier molecular flexibility index (Phi) is 2.39. The van der Waals surface area contributed by atoms with Gasteiger partial charge in [0.2, 0.25) is 0 Å². The molecule has 0 N–H and O–H groups in total. The van der Waals surface area contributed by atoms with Crippen molar-refractivity contribution < 1.29 is 0 Å². The largest absolute Gasteiger partial charge is 0.233 e. The summed E-state index contributed by atoms with van der Waals surface area (Å²) in [6.45, 7) is 2.20. The number of halogens is 1. The van der Waals surface area contributed by atoms with Crippen molar-refractivity contribution >= 4 is 30.3 Å². The van der Waals surface area contributed by atoms with Gasteiger partial charge < -0.3 is 0 Å². The van der Waals surface area contributed by atoms with Gasteiger partial charge in [0.1, 0.15) is 0 Å². The second-order valence-corrected chi connectivity index (χ2v) is 4.47. The lowest BCUT2D eigenvalue weighted by Gasteiger charge is -2.06. The molecule has 0 aliphatic carbocycles. The first-order chi connectivity index (χ1) is 5.40. The summed E-state index contributed by atoms with van der Waals surface area (Å²) in [6, 6.07) is 8.64. The van der Waals surface area contributed by atoms with Crippen molar-refractivity contribution in [3.8, 4) is 0 Å². The summed E-state index contributed by atoms with van der Waals surface area (Å²) < 4.78 is 2.35. The Labute approximate surface area is 82.9 Å². The Morgan fingerprint density at radius 3 is 2.18 bits per heavy atom. The highest BCUT2D eigenvalue weighted by molar-refractivity contribution is 14.2. The molecule has 11 heavy (non-hydrogen) atoms. The first kappa shape index (κ1) is 7.89. The predicted molar refractivity (Wildman–Crippen MR) is 57.3 cm³/mol. The molecule has 1 aliphatic heterocycles. The van der Waals surface area contributed by atoms with Crippen molar-refractivity contribution in [2.24, 2.45) is 0 Å². The number of hydrogen-bond donors (Lipinski definition) is 0. The SMILES string of the molecule is ISN1Cc2ccccc2C1. The summed E-state index contributed by atoms with van der Waals surface area (Å²) in [6.07, 6.45) is 0. The second kappa shape index (κ2) is 3.33. The summed E-state index contributed by atoms with van der Waals surface area (Å²) in [7, 11) is 1.79. The van der Waals surface area contributed by atoms with E-state index >= 15 is 0 Å². The molecular weight excluding hydrogens is 269 g/mol. The van der Waals surface area contributed by atoms with Gasteiger partial charge in [-0.05, 0) is 20.2 Å².